The Labute approximate surface area is 363 Å². The molecule has 0 aliphatic rings. The molecule has 0 aliphatic carbocycles. The average molecular weight is 804 g/mol. The maximum atomic E-state index is 6.55. The topological polar surface area (TPSA) is 29.5 Å². The maximum Gasteiger partial charge on any atom is 0.143 e. The molecule has 0 spiro atoms. The number of hydrogen-bond donors (Lipinski definition) is 0. The van der Waals surface area contributed by atoms with Crippen molar-refractivity contribution in [2.75, 3.05) is 4.90 Å². The highest BCUT2D eigenvalue weighted by atomic mass is 16.3. The van der Waals surface area contributed by atoms with Crippen molar-refractivity contribution in [2.45, 2.75) is 0 Å². The molecule has 294 valence electrons. The number of para-hydroxylation sites is 2. The Hall–Kier alpha value is -8.40. The Morgan fingerprint density at radius 2 is 0.762 bits per heavy atom. The first-order chi connectivity index (χ1) is 31.2. The van der Waals surface area contributed by atoms with Crippen LogP contribution in [0.15, 0.2) is 233 Å². The molecule has 0 amide bonds. The van der Waals surface area contributed by atoms with E-state index < -0.39 is 0 Å². The van der Waals surface area contributed by atoms with Crippen LogP contribution >= 0.6 is 0 Å². The van der Waals surface area contributed by atoms with E-state index in [9.17, 15) is 0 Å². The molecule has 3 heteroatoms. The second-order valence-electron chi connectivity index (χ2n) is 16.4. The highest BCUT2D eigenvalue weighted by Crippen LogP contribution is 2.43. The van der Waals surface area contributed by atoms with Crippen molar-refractivity contribution in [2.24, 2.45) is 0 Å². The normalized spacial score (nSPS) is 11.8. The third-order valence-corrected chi connectivity index (χ3v) is 12.9. The van der Waals surface area contributed by atoms with Gasteiger partial charge in [-0.05, 0) is 115 Å². The highest BCUT2D eigenvalue weighted by molar-refractivity contribution is 6.19. The minimum absolute atomic E-state index is 0.892. The summed E-state index contributed by atoms with van der Waals surface area (Å²) in [5.41, 5.74) is 13.6. The van der Waals surface area contributed by atoms with Gasteiger partial charge in [-0.25, -0.2) is 0 Å². The third-order valence-electron chi connectivity index (χ3n) is 12.9. The summed E-state index contributed by atoms with van der Waals surface area (Å²) in [6.07, 6.45) is 0. The van der Waals surface area contributed by atoms with E-state index in [4.69, 9.17) is 8.83 Å². The van der Waals surface area contributed by atoms with Gasteiger partial charge in [-0.1, -0.05) is 164 Å². The molecule has 0 saturated heterocycles. The summed E-state index contributed by atoms with van der Waals surface area (Å²) in [5.74, 6) is 0. The summed E-state index contributed by atoms with van der Waals surface area (Å²) in [7, 11) is 0. The van der Waals surface area contributed by atoms with Gasteiger partial charge in [0.2, 0.25) is 0 Å². The van der Waals surface area contributed by atoms with E-state index in [1.165, 1.54) is 38.1 Å². The molecule has 13 rings (SSSR count). The predicted molar refractivity (Wildman–Crippen MR) is 265 cm³/mol. The number of nitrogens with zero attached hydrogens (tertiary/aromatic N) is 1. The van der Waals surface area contributed by atoms with Crippen molar-refractivity contribution < 1.29 is 8.83 Å². The lowest BCUT2D eigenvalue weighted by Gasteiger charge is -2.26. The van der Waals surface area contributed by atoms with Crippen LogP contribution in [0.2, 0.25) is 0 Å². The van der Waals surface area contributed by atoms with Crippen LogP contribution in [0.1, 0.15) is 0 Å². The zero-order chi connectivity index (χ0) is 41.4. The number of hydrogen-bond acceptors (Lipinski definition) is 3. The van der Waals surface area contributed by atoms with Crippen molar-refractivity contribution in [1.29, 1.82) is 0 Å². The lowest BCUT2D eigenvalue weighted by Crippen LogP contribution is -2.09. The molecule has 0 unspecified atom stereocenters. The first-order valence-corrected chi connectivity index (χ1v) is 21.5. The van der Waals surface area contributed by atoms with Gasteiger partial charge in [-0.3, -0.25) is 0 Å². The fourth-order valence-corrected chi connectivity index (χ4v) is 9.79. The van der Waals surface area contributed by atoms with Crippen molar-refractivity contribution in [1.82, 2.24) is 0 Å². The zero-order valence-corrected chi connectivity index (χ0v) is 34.1. The van der Waals surface area contributed by atoms with Crippen molar-refractivity contribution in [3.05, 3.63) is 224 Å². The van der Waals surface area contributed by atoms with E-state index in [2.05, 4.69) is 217 Å². The lowest BCUT2D eigenvalue weighted by molar-refractivity contribution is 0.670. The molecule has 0 atom stereocenters. The Kier molecular flexibility index (Phi) is 7.91. The maximum absolute atomic E-state index is 6.55. The van der Waals surface area contributed by atoms with Crippen LogP contribution in [0.5, 0.6) is 0 Å². The van der Waals surface area contributed by atoms with Crippen molar-refractivity contribution in [3.8, 4) is 33.4 Å². The highest BCUT2D eigenvalue weighted by Gasteiger charge is 2.18. The molecule has 0 fully saturated rings. The van der Waals surface area contributed by atoms with Crippen LogP contribution in [-0.2, 0) is 0 Å². The van der Waals surface area contributed by atoms with Crippen LogP contribution < -0.4 is 4.90 Å². The first kappa shape index (κ1) is 35.4. The van der Waals surface area contributed by atoms with Gasteiger partial charge in [-0.15, -0.1) is 0 Å². The smallest absolute Gasteiger partial charge is 0.143 e. The van der Waals surface area contributed by atoms with E-state index in [0.717, 1.165) is 88.6 Å². The number of furan rings is 2. The van der Waals surface area contributed by atoms with Crippen molar-refractivity contribution in [3.63, 3.8) is 0 Å². The first-order valence-electron chi connectivity index (χ1n) is 21.5. The van der Waals surface area contributed by atoms with E-state index in [0.29, 0.717) is 0 Å². The summed E-state index contributed by atoms with van der Waals surface area (Å²) in [4.78, 5) is 2.34. The molecule has 0 bridgehead atoms. The SMILES string of the molecule is c1ccc2c(c1)ccc1cc(-c3ccc(N(c4ccc(-c5cccc6c5oc5ccccc56)cc4)c4ccc(-c5cccc6oc7c8ccccc8ccc7c56)cc4)cc3)ccc12. The summed E-state index contributed by atoms with van der Waals surface area (Å²) in [6.45, 7) is 0. The van der Waals surface area contributed by atoms with Gasteiger partial charge in [0.15, 0.2) is 0 Å². The van der Waals surface area contributed by atoms with E-state index in [1.807, 2.05) is 12.1 Å². The van der Waals surface area contributed by atoms with Crippen LogP contribution in [0.4, 0.5) is 17.1 Å². The van der Waals surface area contributed by atoms with Gasteiger partial charge in [-0.2, -0.15) is 0 Å². The summed E-state index contributed by atoms with van der Waals surface area (Å²) in [5, 5.41) is 11.9. The van der Waals surface area contributed by atoms with Gasteiger partial charge in [0, 0.05) is 49.6 Å². The summed E-state index contributed by atoms with van der Waals surface area (Å²) < 4.78 is 13.0. The molecule has 0 aliphatic heterocycles. The summed E-state index contributed by atoms with van der Waals surface area (Å²) in [6, 6.07) is 80.5. The largest absolute Gasteiger partial charge is 0.455 e. The van der Waals surface area contributed by atoms with Crippen LogP contribution in [-0.4, -0.2) is 0 Å². The standard InChI is InChI=1S/C60H37NO2/c1-3-11-48-39(9-1)19-20-44-37-43(28-35-49(44)48)38-21-29-45(30-22-38)61(47-33-25-42(26-34-47)52-15-7-16-54-53-13-5-6-17-56(53)62-59(52)54)46-31-23-41(24-32-46)50-14-8-18-57-58(50)55-36-27-40-10-2-4-12-51(40)60(55)63-57/h1-37H. The molecule has 11 aromatic carbocycles. The van der Waals surface area contributed by atoms with E-state index in [1.54, 1.807) is 0 Å². The molecule has 0 N–H and O–H groups in total. The number of anilines is 3. The zero-order valence-electron chi connectivity index (χ0n) is 34.1. The van der Waals surface area contributed by atoms with E-state index >= 15 is 0 Å². The number of rotatable bonds is 6. The minimum atomic E-state index is 0.892. The monoisotopic (exact) mass is 803 g/mol. The van der Waals surface area contributed by atoms with Crippen LogP contribution in [0.25, 0.3) is 110 Å². The second kappa shape index (κ2) is 14.1. The van der Waals surface area contributed by atoms with E-state index in [-0.39, 0.29) is 0 Å². The van der Waals surface area contributed by atoms with Crippen LogP contribution in [0, 0.1) is 0 Å². The minimum Gasteiger partial charge on any atom is -0.455 e. The molecule has 2 aromatic heterocycles. The lowest BCUT2D eigenvalue weighted by atomic mass is 9.97. The number of benzene rings is 11. The van der Waals surface area contributed by atoms with Crippen LogP contribution in [0.3, 0.4) is 0 Å². The van der Waals surface area contributed by atoms with Gasteiger partial charge >= 0.3 is 0 Å². The number of fused-ring (bicyclic) bond motifs is 11. The molecular weight excluding hydrogens is 767 g/mol. The molecule has 3 nitrogen and oxygen atoms in total. The molecule has 0 saturated carbocycles. The fourth-order valence-electron chi connectivity index (χ4n) is 9.79. The Morgan fingerprint density at radius 3 is 1.52 bits per heavy atom. The predicted octanol–water partition coefficient (Wildman–Crippen LogP) is 17.4. The second-order valence-corrected chi connectivity index (χ2v) is 16.4. The molecular formula is C60H37NO2. The van der Waals surface area contributed by atoms with Gasteiger partial charge in [0.05, 0.1) is 0 Å². The Balaban J connectivity index is 0.903. The van der Waals surface area contributed by atoms with Gasteiger partial charge in [0.25, 0.3) is 0 Å². The third kappa shape index (κ3) is 5.75. The fraction of sp³-hybridized carbons (Fsp3) is 0. The van der Waals surface area contributed by atoms with Gasteiger partial charge in [0.1, 0.15) is 22.3 Å². The molecule has 63 heavy (non-hydrogen) atoms. The Morgan fingerprint density at radius 1 is 0.270 bits per heavy atom. The Bertz CT molecular complexity index is 3890. The summed E-state index contributed by atoms with van der Waals surface area (Å²) >= 11 is 0. The van der Waals surface area contributed by atoms with Gasteiger partial charge < -0.3 is 13.7 Å². The quantitative estimate of drug-likeness (QED) is 0.157. The average Bonchev–Trinajstić information content (AvgIpc) is 3.94. The molecule has 2 heterocycles. The molecule has 13 aromatic rings. The van der Waals surface area contributed by atoms with Crippen molar-refractivity contribution >= 4 is 93.3 Å². The molecule has 0 radical (unpaired) electrons.